The number of hydrogen-bond donors (Lipinski definition) is 6. The van der Waals surface area contributed by atoms with Gasteiger partial charge in [-0.25, -0.2) is 9.59 Å². The van der Waals surface area contributed by atoms with Gasteiger partial charge in [0.15, 0.2) is 18.0 Å². The highest BCUT2D eigenvalue weighted by Gasteiger charge is 2.30. The number of carboxylic acids is 2. The molecule has 0 aliphatic heterocycles. The van der Waals surface area contributed by atoms with E-state index in [9.17, 15) is 9.59 Å². The Morgan fingerprint density at radius 2 is 1.29 bits per heavy atom. The highest BCUT2D eigenvalue weighted by molar-refractivity contribution is 5.84. The largest absolute Gasteiger partial charge is 0.506 e. The molecule has 80 valence electrons. The van der Waals surface area contributed by atoms with E-state index in [0.29, 0.717) is 0 Å². The molecular formula is C6H8O8. The molecular weight excluding hydrogens is 200 g/mol. The lowest BCUT2D eigenvalue weighted by Crippen LogP contribution is -2.36. The van der Waals surface area contributed by atoms with Crippen molar-refractivity contribution in [3.8, 4) is 0 Å². The van der Waals surface area contributed by atoms with Crippen molar-refractivity contribution in [2.24, 2.45) is 0 Å². The second-order valence-electron chi connectivity index (χ2n) is 2.27. The molecule has 2 atom stereocenters. The smallest absolute Gasteiger partial charge is 0.374 e. The van der Waals surface area contributed by atoms with Crippen molar-refractivity contribution < 1.29 is 40.2 Å². The Labute approximate surface area is 77.0 Å². The van der Waals surface area contributed by atoms with E-state index < -0.39 is 35.7 Å². The number of carbonyl (C=O) groups is 2. The first kappa shape index (κ1) is 12.2. The van der Waals surface area contributed by atoms with Crippen LogP contribution < -0.4 is 0 Å². The molecule has 0 spiro atoms. The number of aliphatic hydroxyl groups excluding tert-OH is 4. The van der Waals surface area contributed by atoms with Gasteiger partial charge in [-0.2, -0.15) is 0 Å². The van der Waals surface area contributed by atoms with Crippen molar-refractivity contribution in [2.45, 2.75) is 12.2 Å². The number of carboxylic acid groups (broad SMARTS) is 2. The molecule has 1 unspecified atom stereocenters. The van der Waals surface area contributed by atoms with Crippen LogP contribution in [0.3, 0.4) is 0 Å². The van der Waals surface area contributed by atoms with E-state index in [1.807, 2.05) is 0 Å². The molecule has 8 nitrogen and oxygen atoms in total. The summed E-state index contributed by atoms with van der Waals surface area (Å²) >= 11 is 0. The Balaban J connectivity index is 4.86. The van der Waals surface area contributed by atoms with Crippen molar-refractivity contribution in [1.29, 1.82) is 0 Å². The van der Waals surface area contributed by atoms with Crippen LogP contribution >= 0.6 is 0 Å². The molecule has 0 aliphatic rings. The fourth-order valence-electron chi connectivity index (χ4n) is 0.534. The molecule has 14 heavy (non-hydrogen) atoms. The van der Waals surface area contributed by atoms with Crippen LogP contribution in [-0.2, 0) is 9.59 Å². The molecule has 0 saturated heterocycles. The van der Waals surface area contributed by atoms with Crippen molar-refractivity contribution in [3.05, 3.63) is 11.5 Å². The summed E-state index contributed by atoms with van der Waals surface area (Å²) in [5, 5.41) is 51.0. The standard InChI is InChI=1S/C6H8O8/c7-1(3(9)5(11)12)2(8)4(10)6(13)14/h1,3,7-10H,(H,11,12)(H,13,14)/b4-2-/t1?,3-/m1/s1. The molecule has 0 aromatic carbocycles. The number of aliphatic carboxylic acids is 2. The predicted molar refractivity (Wildman–Crippen MR) is 39.6 cm³/mol. The van der Waals surface area contributed by atoms with Crippen LogP contribution in [0, 0.1) is 0 Å². The van der Waals surface area contributed by atoms with Crippen LogP contribution in [0.2, 0.25) is 0 Å². The van der Waals surface area contributed by atoms with Crippen molar-refractivity contribution >= 4 is 11.9 Å². The van der Waals surface area contributed by atoms with E-state index in [1.54, 1.807) is 0 Å². The van der Waals surface area contributed by atoms with Gasteiger partial charge in [0, 0.05) is 0 Å². The quantitative estimate of drug-likeness (QED) is 0.233. The van der Waals surface area contributed by atoms with Crippen LogP contribution in [0.5, 0.6) is 0 Å². The van der Waals surface area contributed by atoms with Crippen LogP contribution in [-0.4, -0.2) is 54.8 Å². The van der Waals surface area contributed by atoms with E-state index in [2.05, 4.69) is 0 Å². The fourth-order valence-corrected chi connectivity index (χ4v) is 0.534. The first-order valence-electron chi connectivity index (χ1n) is 3.23. The van der Waals surface area contributed by atoms with Crippen LogP contribution in [0.25, 0.3) is 0 Å². The fraction of sp³-hybridized carbons (Fsp3) is 0.333. The molecule has 0 fully saturated rings. The second kappa shape index (κ2) is 4.44. The van der Waals surface area contributed by atoms with Crippen molar-refractivity contribution in [1.82, 2.24) is 0 Å². The zero-order chi connectivity index (χ0) is 11.5. The van der Waals surface area contributed by atoms with Gasteiger partial charge in [0.1, 0.15) is 0 Å². The van der Waals surface area contributed by atoms with Crippen LogP contribution in [0.1, 0.15) is 0 Å². The topological polar surface area (TPSA) is 156 Å². The SMILES string of the molecule is O=C(O)/C(O)=C(/O)C(O)[C@@H](O)C(=O)O. The number of aliphatic hydroxyl groups is 4. The summed E-state index contributed by atoms with van der Waals surface area (Å²) in [7, 11) is 0. The summed E-state index contributed by atoms with van der Waals surface area (Å²) in [5.74, 6) is -6.98. The Kier molecular flexibility index (Phi) is 3.87. The third-order valence-electron chi connectivity index (χ3n) is 1.28. The molecule has 8 heteroatoms. The van der Waals surface area contributed by atoms with Gasteiger partial charge in [-0.15, -0.1) is 0 Å². The van der Waals surface area contributed by atoms with Crippen LogP contribution in [0.15, 0.2) is 11.5 Å². The highest BCUT2D eigenvalue weighted by Crippen LogP contribution is 2.08. The summed E-state index contributed by atoms with van der Waals surface area (Å²) in [6.07, 6.45) is -4.82. The van der Waals surface area contributed by atoms with Gasteiger partial charge in [-0.05, 0) is 0 Å². The molecule has 0 heterocycles. The summed E-state index contributed by atoms with van der Waals surface area (Å²) < 4.78 is 0. The molecule has 0 radical (unpaired) electrons. The summed E-state index contributed by atoms with van der Waals surface area (Å²) in [6, 6.07) is 0. The number of hydrogen-bond acceptors (Lipinski definition) is 6. The zero-order valence-corrected chi connectivity index (χ0v) is 6.65. The van der Waals surface area contributed by atoms with Gasteiger partial charge in [0.2, 0.25) is 5.76 Å². The van der Waals surface area contributed by atoms with Crippen molar-refractivity contribution in [3.63, 3.8) is 0 Å². The van der Waals surface area contributed by atoms with Crippen molar-refractivity contribution in [2.75, 3.05) is 0 Å². The molecule has 0 aromatic heterocycles. The first-order chi connectivity index (χ1) is 6.29. The Morgan fingerprint density at radius 3 is 1.57 bits per heavy atom. The lowest BCUT2D eigenvalue weighted by atomic mass is 10.1. The van der Waals surface area contributed by atoms with Gasteiger partial charge < -0.3 is 30.6 Å². The van der Waals surface area contributed by atoms with Gasteiger partial charge in [-0.1, -0.05) is 0 Å². The van der Waals surface area contributed by atoms with Crippen LogP contribution in [0.4, 0.5) is 0 Å². The van der Waals surface area contributed by atoms with Gasteiger partial charge in [0.25, 0.3) is 0 Å². The Bertz CT molecular complexity index is 280. The molecule has 0 aliphatic carbocycles. The third-order valence-corrected chi connectivity index (χ3v) is 1.28. The molecule has 0 saturated carbocycles. The minimum atomic E-state index is -2.42. The molecule has 0 aromatic rings. The first-order valence-corrected chi connectivity index (χ1v) is 3.23. The van der Waals surface area contributed by atoms with Gasteiger partial charge in [-0.3, -0.25) is 0 Å². The molecule has 6 N–H and O–H groups in total. The Morgan fingerprint density at radius 1 is 0.857 bits per heavy atom. The third kappa shape index (κ3) is 2.61. The van der Waals surface area contributed by atoms with E-state index in [-0.39, 0.29) is 0 Å². The highest BCUT2D eigenvalue weighted by atomic mass is 16.4. The van der Waals surface area contributed by atoms with Gasteiger partial charge in [0.05, 0.1) is 0 Å². The maximum atomic E-state index is 10.1. The average Bonchev–Trinajstić information content (AvgIpc) is 2.12. The predicted octanol–water partition coefficient (Wildman–Crippen LogP) is -1.79. The minimum Gasteiger partial charge on any atom is -0.506 e. The van der Waals surface area contributed by atoms with E-state index in [1.165, 1.54) is 0 Å². The zero-order valence-electron chi connectivity index (χ0n) is 6.65. The maximum absolute atomic E-state index is 10.1. The molecule has 0 amide bonds. The Hall–Kier alpha value is -1.80. The molecule has 0 bridgehead atoms. The van der Waals surface area contributed by atoms with E-state index in [4.69, 9.17) is 30.6 Å². The summed E-state index contributed by atoms with van der Waals surface area (Å²) in [6.45, 7) is 0. The lowest BCUT2D eigenvalue weighted by molar-refractivity contribution is -0.153. The summed E-state index contributed by atoms with van der Waals surface area (Å²) in [5.41, 5.74) is 0. The lowest BCUT2D eigenvalue weighted by Gasteiger charge is -2.13. The minimum absolute atomic E-state index is 1.52. The normalized spacial score (nSPS) is 16.7. The van der Waals surface area contributed by atoms with E-state index >= 15 is 0 Å². The van der Waals surface area contributed by atoms with Gasteiger partial charge >= 0.3 is 11.9 Å². The average molecular weight is 208 g/mol. The maximum Gasteiger partial charge on any atom is 0.374 e. The molecule has 0 rings (SSSR count). The summed E-state index contributed by atoms with van der Waals surface area (Å²) in [4.78, 5) is 20.1. The van der Waals surface area contributed by atoms with E-state index in [0.717, 1.165) is 0 Å². The second-order valence-corrected chi connectivity index (χ2v) is 2.27. The number of rotatable bonds is 4. The monoisotopic (exact) mass is 208 g/mol.